The van der Waals surface area contributed by atoms with E-state index in [-0.39, 0.29) is 0 Å². The highest BCUT2D eigenvalue weighted by Gasteiger charge is 2.14. The molecule has 1 N–H and O–H groups in total. The van der Waals surface area contributed by atoms with Gasteiger partial charge < -0.3 is 9.84 Å². The van der Waals surface area contributed by atoms with Gasteiger partial charge in [0.05, 0.1) is 7.11 Å². The topological polar surface area (TPSA) is 29.5 Å². The van der Waals surface area contributed by atoms with E-state index < -0.39 is 6.10 Å². The second kappa shape index (κ2) is 5.03. The molecule has 1 heterocycles. The summed E-state index contributed by atoms with van der Waals surface area (Å²) < 4.78 is 6.33. The predicted molar refractivity (Wildman–Crippen MR) is 78.9 cm³/mol. The Kier molecular flexibility index (Phi) is 3.23. The zero-order valence-electron chi connectivity index (χ0n) is 10.5. The van der Waals surface area contributed by atoms with Crippen LogP contribution in [0.1, 0.15) is 17.2 Å². The number of fused-ring (bicyclic) bond motifs is 1. The summed E-state index contributed by atoms with van der Waals surface area (Å²) in [7, 11) is 1.64. The standard InChI is InChI=1S/C16H14O2S/c1-18-12-8-6-11(7-9-12)16(17)14-10-19-15-5-3-2-4-13(14)15/h2-10,16-17H,1H3. The van der Waals surface area contributed by atoms with Gasteiger partial charge in [-0.2, -0.15) is 0 Å². The highest BCUT2D eigenvalue weighted by atomic mass is 32.1. The SMILES string of the molecule is COc1ccc(C(O)c2csc3ccccc23)cc1. The molecular weight excluding hydrogens is 256 g/mol. The summed E-state index contributed by atoms with van der Waals surface area (Å²) in [6.45, 7) is 0. The van der Waals surface area contributed by atoms with Gasteiger partial charge >= 0.3 is 0 Å². The van der Waals surface area contributed by atoms with Crippen molar-refractivity contribution in [3.63, 3.8) is 0 Å². The van der Waals surface area contributed by atoms with E-state index in [1.54, 1.807) is 18.4 Å². The third-order valence-corrected chi connectivity index (χ3v) is 4.22. The molecule has 0 aliphatic heterocycles. The van der Waals surface area contributed by atoms with Gasteiger partial charge in [0, 0.05) is 10.3 Å². The molecule has 0 saturated carbocycles. The molecule has 2 aromatic carbocycles. The average molecular weight is 270 g/mol. The van der Waals surface area contributed by atoms with E-state index in [0.29, 0.717) is 0 Å². The number of ether oxygens (including phenoxy) is 1. The van der Waals surface area contributed by atoms with Crippen LogP contribution >= 0.6 is 11.3 Å². The molecule has 3 aromatic rings. The van der Waals surface area contributed by atoms with Gasteiger partial charge in [-0.1, -0.05) is 30.3 Å². The van der Waals surface area contributed by atoms with E-state index in [1.165, 1.54) is 4.70 Å². The molecule has 96 valence electrons. The molecule has 0 aliphatic carbocycles. The molecule has 0 radical (unpaired) electrons. The van der Waals surface area contributed by atoms with Gasteiger partial charge in [0.1, 0.15) is 11.9 Å². The maximum Gasteiger partial charge on any atom is 0.118 e. The molecule has 3 heteroatoms. The Bertz CT molecular complexity index is 685. The van der Waals surface area contributed by atoms with Crippen LogP contribution in [0.25, 0.3) is 10.1 Å². The maximum absolute atomic E-state index is 10.5. The van der Waals surface area contributed by atoms with Crippen molar-refractivity contribution in [2.24, 2.45) is 0 Å². The van der Waals surface area contributed by atoms with E-state index in [9.17, 15) is 5.11 Å². The molecular formula is C16H14O2S. The van der Waals surface area contributed by atoms with Crippen molar-refractivity contribution >= 4 is 21.4 Å². The molecule has 1 aromatic heterocycles. The Morgan fingerprint density at radius 1 is 1.05 bits per heavy atom. The van der Waals surface area contributed by atoms with Crippen LogP contribution < -0.4 is 4.74 Å². The number of rotatable bonds is 3. The number of aliphatic hydroxyl groups is 1. The van der Waals surface area contributed by atoms with Gasteiger partial charge in [-0.15, -0.1) is 11.3 Å². The molecule has 0 amide bonds. The second-order valence-electron chi connectivity index (χ2n) is 4.36. The fraction of sp³-hybridized carbons (Fsp3) is 0.125. The van der Waals surface area contributed by atoms with Gasteiger partial charge in [0.2, 0.25) is 0 Å². The summed E-state index contributed by atoms with van der Waals surface area (Å²) in [5, 5.41) is 13.7. The second-order valence-corrected chi connectivity index (χ2v) is 5.27. The highest BCUT2D eigenvalue weighted by Crippen LogP contribution is 2.33. The summed E-state index contributed by atoms with van der Waals surface area (Å²) in [5.41, 5.74) is 1.84. The lowest BCUT2D eigenvalue weighted by atomic mass is 10.0. The van der Waals surface area contributed by atoms with E-state index in [0.717, 1.165) is 22.3 Å². The molecule has 2 nitrogen and oxygen atoms in total. The Morgan fingerprint density at radius 2 is 1.79 bits per heavy atom. The first-order chi connectivity index (χ1) is 9.29. The molecule has 19 heavy (non-hydrogen) atoms. The van der Waals surface area contributed by atoms with Gasteiger partial charge in [-0.05, 0) is 34.5 Å². The molecule has 0 fully saturated rings. The summed E-state index contributed by atoms with van der Waals surface area (Å²) in [4.78, 5) is 0. The van der Waals surface area contributed by atoms with Gasteiger partial charge in [0.25, 0.3) is 0 Å². The minimum absolute atomic E-state index is 0.595. The number of aliphatic hydroxyl groups excluding tert-OH is 1. The van der Waals surface area contributed by atoms with Crippen LogP contribution in [0.5, 0.6) is 5.75 Å². The Morgan fingerprint density at radius 3 is 2.53 bits per heavy atom. The van der Waals surface area contributed by atoms with E-state index in [4.69, 9.17) is 4.74 Å². The minimum atomic E-state index is -0.595. The van der Waals surface area contributed by atoms with Crippen molar-refractivity contribution < 1.29 is 9.84 Å². The first-order valence-corrected chi connectivity index (χ1v) is 6.95. The number of methoxy groups -OCH3 is 1. The average Bonchev–Trinajstić information content (AvgIpc) is 2.90. The van der Waals surface area contributed by atoms with Crippen LogP contribution in [0, 0.1) is 0 Å². The van der Waals surface area contributed by atoms with Crippen LogP contribution in [0.2, 0.25) is 0 Å². The van der Waals surface area contributed by atoms with Crippen molar-refractivity contribution in [3.05, 3.63) is 65.0 Å². The lowest BCUT2D eigenvalue weighted by Crippen LogP contribution is -1.98. The normalized spacial score (nSPS) is 12.5. The molecule has 0 bridgehead atoms. The first kappa shape index (κ1) is 12.2. The first-order valence-electron chi connectivity index (χ1n) is 6.08. The maximum atomic E-state index is 10.5. The third-order valence-electron chi connectivity index (χ3n) is 3.24. The fourth-order valence-corrected chi connectivity index (χ4v) is 3.16. The van der Waals surface area contributed by atoms with E-state index >= 15 is 0 Å². The Labute approximate surface area is 115 Å². The number of benzene rings is 2. The molecule has 1 atom stereocenters. The summed E-state index contributed by atoms with van der Waals surface area (Å²) in [6.07, 6.45) is -0.595. The van der Waals surface area contributed by atoms with Crippen molar-refractivity contribution in [1.29, 1.82) is 0 Å². The molecule has 0 saturated heterocycles. The van der Waals surface area contributed by atoms with Crippen molar-refractivity contribution in [3.8, 4) is 5.75 Å². The Balaban J connectivity index is 2.00. The third kappa shape index (κ3) is 2.23. The summed E-state index contributed by atoms with van der Waals surface area (Å²) in [6, 6.07) is 15.7. The van der Waals surface area contributed by atoms with Crippen LogP contribution in [0.15, 0.2) is 53.9 Å². The summed E-state index contributed by atoms with van der Waals surface area (Å²) in [5.74, 6) is 0.797. The predicted octanol–water partition coefficient (Wildman–Crippen LogP) is 3.99. The van der Waals surface area contributed by atoms with Crippen molar-refractivity contribution in [1.82, 2.24) is 0 Å². The zero-order valence-corrected chi connectivity index (χ0v) is 11.4. The van der Waals surface area contributed by atoms with E-state index in [1.807, 2.05) is 47.8 Å². The number of hydrogen-bond acceptors (Lipinski definition) is 3. The van der Waals surface area contributed by atoms with Crippen LogP contribution in [-0.4, -0.2) is 12.2 Å². The molecule has 0 spiro atoms. The molecule has 3 rings (SSSR count). The molecule has 1 unspecified atom stereocenters. The van der Waals surface area contributed by atoms with Gasteiger partial charge in [-0.3, -0.25) is 0 Å². The lowest BCUT2D eigenvalue weighted by molar-refractivity contribution is 0.222. The van der Waals surface area contributed by atoms with Gasteiger partial charge in [0.15, 0.2) is 0 Å². The lowest BCUT2D eigenvalue weighted by Gasteiger charge is -2.11. The van der Waals surface area contributed by atoms with E-state index in [2.05, 4.69) is 6.07 Å². The smallest absolute Gasteiger partial charge is 0.118 e. The quantitative estimate of drug-likeness (QED) is 0.779. The van der Waals surface area contributed by atoms with Crippen LogP contribution in [-0.2, 0) is 0 Å². The number of thiophene rings is 1. The van der Waals surface area contributed by atoms with Crippen molar-refractivity contribution in [2.75, 3.05) is 7.11 Å². The Hall–Kier alpha value is -1.84. The molecule has 0 aliphatic rings. The minimum Gasteiger partial charge on any atom is -0.497 e. The van der Waals surface area contributed by atoms with Crippen LogP contribution in [0.4, 0.5) is 0 Å². The number of hydrogen-bond donors (Lipinski definition) is 1. The van der Waals surface area contributed by atoms with Crippen LogP contribution in [0.3, 0.4) is 0 Å². The largest absolute Gasteiger partial charge is 0.497 e. The van der Waals surface area contributed by atoms with Gasteiger partial charge in [-0.25, -0.2) is 0 Å². The zero-order chi connectivity index (χ0) is 13.2. The fourth-order valence-electron chi connectivity index (χ4n) is 2.18. The van der Waals surface area contributed by atoms with Crippen molar-refractivity contribution in [2.45, 2.75) is 6.10 Å². The highest BCUT2D eigenvalue weighted by molar-refractivity contribution is 7.17. The monoisotopic (exact) mass is 270 g/mol. The summed E-state index contributed by atoms with van der Waals surface area (Å²) >= 11 is 1.66.